The van der Waals surface area contributed by atoms with E-state index in [1.807, 2.05) is 61.0 Å². The van der Waals surface area contributed by atoms with Crippen LogP contribution in [0, 0.1) is 0 Å². The molecule has 5 nitrogen and oxygen atoms in total. The summed E-state index contributed by atoms with van der Waals surface area (Å²) in [7, 11) is 0. The van der Waals surface area contributed by atoms with Gasteiger partial charge in [-0.1, -0.05) is 30.3 Å². The lowest BCUT2D eigenvalue weighted by Gasteiger charge is -2.11. The van der Waals surface area contributed by atoms with E-state index in [-0.39, 0.29) is 23.2 Å². The van der Waals surface area contributed by atoms with Crippen LogP contribution in [-0.2, 0) is 0 Å². The van der Waals surface area contributed by atoms with Gasteiger partial charge in [0.1, 0.15) is 11.4 Å². The molecule has 0 saturated heterocycles. The molecule has 2 aromatic carbocycles. The molecular weight excluding hydrogens is 390 g/mol. The molecule has 0 aliphatic carbocycles. The molecule has 28 heavy (non-hydrogen) atoms. The van der Waals surface area contributed by atoms with Crippen LogP contribution in [0.25, 0.3) is 0 Å². The number of thioether (sulfide) groups is 2. The highest BCUT2D eigenvalue weighted by atomic mass is 32.2. The third-order valence-electron chi connectivity index (χ3n) is 3.92. The summed E-state index contributed by atoms with van der Waals surface area (Å²) in [5.74, 6) is -0.721. The zero-order valence-electron chi connectivity index (χ0n) is 15.4. The van der Waals surface area contributed by atoms with E-state index in [1.165, 1.54) is 0 Å². The SMILES string of the molecule is CSc1ccccc1NC(=O)c1cccc(C(=O)Nc2ccccc2SC)n1. The Morgan fingerprint density at radius 2 is 1.11 bits per heavy atom. The minimum Gasteiger partial charge on any atom is -0.320 e. The Balaban J connectivity index is 1.78. The number of hydrogen-bond donors (Lipinski definition) is 2. The molecule has 3 aromatic rings. The van der Waals surface area contributed by atoms with Crippen LogP contribution in [0.2, 0.25) is 0 Å². The highest BCUT2D eigenvalue weighted by Gasteiger charge is 2.15. The molecule has 3 rings (SSSR count). The number of aromatic nitrogens is 1. The number of nitrogens with one attached hydrogen (secondary N) is 2. The molecule has 0 unspecified atom stereocenters. The third-order valence-corrected chi connectivity index (χ3v) is 5.52. The first-order chi connectivity index (χ1) is 13.6. The molecule has 0 radical (unpaired) electrons. The Bertz CT molecular complexity index is 931. The predicted octanol–water partition coefficient (Wildman–Crippen LogP) is 5.03. The van der Waals surface area contributed by atoms with Crippen molar-refractivity contribution in [3.05, 3.63) is 78.1 Å². The summed E-state index contributed by atoms with van der Waals surface area (Å²) in [5, 5.41) is 5.71. The molecule has 0 fully saturated rings. The van der Waals surface area contributed by atoms with Gasteiger partial charge in [0.2, 0.25) is 0 Å². The second-order valence-electron chi connectivity index (χ2n) is 5.72. The summed E-state index contributed by atoms with van der Waals surface area (Å²) in [5.41, 5.74) is 1.79. The van der Waals surface area contributed by atoms with Gasteiger partial charge in [-0.25, -0.2) is 4.98 Å². The van der Waals surface area contributed by atoms with Gasteiger partial charge in [0.25, 0.3) is 11.8 Å². The topological polar surface area (TPSA) is 71.1 Å². The second kappa shape index (κ2) is 9.43. The normalized spacial score (nSPS) is 10.4. The Hall–Kier alpha value is -2.77. The number of para-hydroxylation sites is 2. The van der Waals surface area contributed by atoms with Crippen LogP contribution >= 0.6 is 23.5 Å². The summed E-state index contributed by atoms with van der Waals surface area (Å²) >= 11 is 3.09. The van der Waals surface area contributed by atoms with E-state index >= 15 is 0 Å². The lowest BCUT2D eigenvalue weighted by atomic mass is 10.2. The van der Waals surface area contributed by atoms with Gasteiger partial charge < -0.3 is 10.6 Å². The lowest BCUT2D eigenvalue weighted by Crippen LogP contribution is -2.19. The molecular formula is C21H19N3O2S2. The maximum Gasteiger partial charge on any atom is 0.274 e. The molecule has 2 N–H and O–H groups in total. The van der Waals surface area contributed by atoms with Crippen LogP contribution in [0.5, 0.6) is 0 Å². The minimum atomic E-state index is -0.360. The summed E-state index contributed by atoms with van der Waals surface area (Å²) in [6.07, 6.45) is 3.89. The summed E-state index contributed by atoms with van der Waals surface area (Å²) < 4.78 is 0. The van der Waals surface area contributed by atoms with Gasteiger partial charge in [0.05, 0.1) is 11.4 Å². The largest absolute Gasteiger partial charge is 0.320 e. The molecule has 0 spiro atoms. The fourth-order valence-corrected chi connectivity index (χ4v) is 3.66. The van der Waals surface area contributed by atoms with Gasteiger partial charge >= 0.3 is 0 Å². The Morgan fingerprint density at radius 3 is 1.54 bits per heavy atom. The molecule has 142 valence electrons. The van der Waals surface area contributed by atoms with Crippen LogP contribution in [0.3, 0.4) is 0 Å². The maximum absolute atomic E-state index is 12.6. The third kappa shape index (κ3) is 4.74. The number of rotatable bonds is 6. The monoisotopic (exact) mass is 409 g/mol. The van der Waals surface area contributed by atoms with E-state index in [0.29, 0.717) is 11.4 Å². The van der Waals surface area contributed by atoms with Gasteiger partial charge in [-0.2, -0.15) is 0 Å². The minimum absolute atomic E-state index is 0.182. The Labute approximate surface area is 172 Å². The number of nitrogens with zero attached hydrogens (tertiary/aromatic N) is 1. The van der Waals surface area contributed by atoms with Gasteiger partial charge in [0, 0.05) is 9.79 Å². The van der Waals surface area contributed by atoms with E-state index in [4.69, 9.17) is 0 Å². The Kier molecular flexibility index (Phi) is 6.73. The van der Waals surface area contributed by atoms with Crippen molar-refractivity contribution in [3.8, 4) is 0 Å². The maximum atomic E-state index is 12.6. The fourth-order valence-electron chi connectivity index (χ4n) is 2.56. The second-order valence-corrected chi connectivity index (χ2v) is 7.41. The molecule has 0 bridgehead atoms. The number of hydrogen-bond acceptors (Lipinski definition) is 5. The van der Waals surface area contributed by atoms with Gasteiger partial charge in [-0.15, -0.1) is 23.5 Å². The van der Waals surface area contributed by atoms with Crippen molar-refractivity contribution in [1.82, 2.24) is 4.98 Å². The van der Waals surface area contributed by atoms with Gasteiger partial charge in [-0.3, -0.25) is 9.59 Å². The first kappa shape index (κ1) is 20.0. The summed E-state index contributed by atoms with van der Waals surface area (Å²) in [6.45, 7) is 0. The lowest BCUT2D eigenvalue weighted by molar-refractivity contribution is 0.101. The molecule has 0 atom stereocenters. The number of anilines is 2. The van der Waals surface area contributed by atoms with Crippen molar-refractivity contribution in [2.45, 2.75) is 9.79 Å². The highest BCUT2D eigenvalue weighted by molar-refractivity contribution is 7.99. The van der Waals surface area contributed by atoms with E-state index in [1.54, 1.807) is 41.7 Å². The number of pyridine rings is 1. The summed E-state index contributed by atoms with van der Waals surface area (Å²) in [4.78, 5) is 31.3. The van der Waals surface area contributed by atoms with Crippen molar-refractivity contribution in [1.29, 1.82) is 0 Å². The average molecular weight is 410 g/mol. The molecule has 7 heteroatoms. The van der Waals surface area contributed by atoms with Crippen LogP contribution in [0.15, 0.2) is 76.5 Å². The van der Waals surface area contributed by atoms with Gasteiger partial charge in [0.15, 0.2) is 0 Å². The van der Waals surface area contributed by atoms with E-state index < -0.39 is 0 Å². The molecule has 0 aliphatic rings. The molecule has 1 aromatic heterocycles. The van der Waals surface area contributed by atoms with Crippen LogP contribution in [0.4, 0.5) is 11.4 Å². The molecule has 0 saturated carbocycles. The Morgan fingerprint density at radius 1 is 0.679 bits per heavy atom. The van der Waals surface area contributed by atoms with Crippen molar-refractivity contribution >= 4 is 46.7 Å². The molecule has 0 aliphatic heterocycles. The first-order valence-corrected chi connectivity index (χ1v) is 10.9. The number of carbonyl (C=O) groups excluding carboxylic acids is 2. The number of amides is 2. The smallest absolute Gasteiger partial charge is 0.274 e. The average Bonchev–Trinajstić information content (AvgIpc) is 2.74. The number of benzene rings is 2. The van der Waals surface area contributed by atoms with Gasteiger partial charge in [-0.05, 0) is 48.9 Å². The van der Waals surface area contributed by atoms with E-state index in [0.717, 1.165) is 9.79 Å². The van der Waals surface area contributed by atoms with Crippen molar-refractivity contribution in [3.63, 3.8) is 0 Å². The highest BCUT2D eigenvalue weighted by Crippen LogP contribution is 2.26. The zero-order chi connectivity index (χ0) is 19.9. The zero-order valence-corrected chi connectivity index (χ0v) is 17.1. The number of carbonyl (C=O) groups is 2. The van der Waals surface area contributed by atoms with Crippen molar-refractivity contribution in [2.75, 3.05) is 23.1 Å². The standard InChI is InChI=1S/C21H19N3O2S2/c1-27-18-12-5-3-8-14(18)23-20(25)16-10-7-11-17(22-16)21(26)24-15-9-4-6-13-19(15)28-2/h3-13H,1-2H3,(H,23,25)(H,24,26). The predicted molar refractivity (Wildman–Crippen MR) is 117 cm³/mol. The molecule has 1 heterocycles. The van der Waals surface area contributed by atoms with Crippen LogP contribution in [0.1, 0.15) is 21.0 Å². The summed E-state index contributed by atoms with van der Waals surface area (Å²) in [6, 6.07) is 19.9. The fraction of sp³-hybridized carbons (Fsp3) is 0.0952. The van der Waals surface area contributed by atoms with Crippen molar-refractivity contribution < 1.29 is 9.59 Å². The van der Waals surface area contributed by atoms with Crippen LogP contribution in [-0.4, -0.2) is 29.3 Å². The van der Waals surface area contributed by atoms with Crippen molar-refractivity contribution in [2.24, 2.45) is 0 Å². The first-order valence-electron chi connectivity index (χ1n) is 8.48. The molecule has 2 amide bonds. The van der Waals surface area contributed by atoms with Crippen LogP contribution < -0.4 is 10.6 Å². The van der Waals surface area contributed by atoms with E-state index in [2.05, 4.69) is 15.6 Å². The van der Waals surface area contributed by atoms with E-state index in [9.17, 15) is 9.59 Å². The quantitative estimate of drug-likeness (QED) is 0.559.